The largest absolute Gasteiger partial charge is 0.481 e. The van der Waals surface area contributed by atoms with Crippen molar-refractivity contribution in [3.8, 4) is 0 Å². The molecule has 1 fully saturated rings. The first-order valence-electron chi connectivity index (χ1n) is 9.63. The maximum atomic E-state index is 12.2. The predicted octanol–water partition coefficient (Wildman–Crippen LogP) is 3.60. The normalized spacial score (nSPS) is 16.8. The van der Waals surface area contributed by atoms with Gasteiger partial charge >= 0.3 is 5.97 Å². The second kappa shape index (κ2) is 10.7. The highest BCUT2D eigenvalue weighted by atomic mass is 16.4. The number of Topliss-reactive ketones (excluding diaryl/α,β-unsaturated/α-hetero) is 1. The molecule has 1 aliphatic rings. The Morgan fingerprint density at radius 2 is 1.77 bits per heavy atom. The van der Waals surface area contributed by atoms with Crippen LogP contribution in [0, 0.1) is 0 Å². The van der Waals surface area contributed by atoms with Crippen LogP contribution in [0.4, 0.5) is 0 Å². The molecule has 1 saturated heterocycles. The SMILES string of the molecule is O=C(O)CCCCCCN1C(=O)CC[C@@H]1CCC(=O)Cc1ccccc1. The molecule has 1 N–H and O–H groups in total. The number of hydrogen-bond donors (Lipinski definition) is 1. The number of carboxylic acids is 1. The van der Waals surface area contributed by atoms with Crippen LogP contribution in [-0.2, 0) is 20.8 Å². The average Bonchev–Trinajstić information content (AvgIpc) is 2.97. The van der Waals surface area contributed by atoms with Crippen molar-refractivity contribution in [2.45, 2.75) is 70.3 Å². The van der Waals surface area contributed by atoms with Crippen LogP contribution in [0.1, 0.15) is 63.4 Å². The Morgan fingerprint density at radius 1 is 1.04 bits per heavy atom. The van der Waals surface area contributed by atoms with Crippen LogP contribution < -0.4 is 0 Å². The minimum Gasteiger partial charge on any atom is -0.481 e. The van der Waals surface area contributed by atoms with Gasteiger partial charge in [0.05, 0.1) is 0 Å². The lowest BCUT2D eigenvalue weighted by atomic mass is 10.0. The number of benzene rings is 1. The van der Waals surface area contributed by atoms with Crippen LogP contribution in [0.25, 0.3) is 0 Å². The van der Waals surface area contributed by atoms with Gasteiger partial charge in [-0.15, -0.1) is 0 Å². The summed E-state index contributed by atoms with van der Waals surface area (Å²) in [7, 11) is 0. The third-order valence-corrected chi connectivity index (χ3v) is 4.99. The van der Waals surface area contributed by atoms with E-state index < -0.39 is 5.97 Å². The third kappa shape index (κ3) is 6.98. The first-order valence-corrected chi connectivity index (χ1v) is 9.63. The van der Waals surface area contributed by atoms with Crippen molar-refractivity contribution in [2.24, 2.45) is 0 Å². The third-order valence-electron chi connectivity index (χ3n) is 4.99. The first kappa shape index (κ1) is 20.1. The number of unbranched alkanes of at least 4 members (excludes halogenated alkanes) is 3. The van der Waals surface area contributed by atoms with Gasteiger partial charge in [0, 0.05) is 38.3 Å². The molecule has 0 radical (unpaired) electrons. The minimum absolute atomic E-state index is 0.182. The monoisotopic (exact) mass is 359 g/mol. The number of ketones is 1. The molecule has 1 aliphatic heterocycles. The molecule has 0 aromatic heterocycles. The highest BCUT2D eigenvalue weighted by Crippen LogP contribution is 2.24. The summed E-state index contributed by atoms with van der Waals surface area (Å²) < 4.78 is 0. The van der Waals surface area contributed by atoms with E-state index in [1.807, 2.05) is 35.2 Å². The number of likely N-dealkylation sites (tertiary alicyclic amines) is 1. The summed E-state index contributed by atoms with van der Waals surface area (Å²) in [6.45, 7) is 0.726. The Bertz CT molecular complexity index is 599. The van der Waals surface area contributed by atoms with Gasteiger partial charge in [-0.25, -0.2) is 0 Å². The van der Waals surface area contributed by atoms with Gasteiger partial charge in [0.2, 0.25) is 5.91 Å². The first-order chi connectivity index (χ1) is 12.6. The fourth-order valence-electron chi connectivity index (χ4n) is 3.55. The molecular formula is C21H29NO4. The summed E-state index contributed by atoms with van der Waals surface area (Å²) >= 11 is 0. The number of hydrogen-bond acceptors (Lipinski definition) is 3. The van der Waals surface area contributed by atoms with Gasteiger partial charge in [-0.05, 0) is 31.2 Å². The summed E-state index contributed by atoms with van der Waals surface area (Å²) in [4.78, 5) is 36.7. The predicted molar refractivity (Wildman–Crippen MR) is 99.8 cm³/mol. The molecular weight excluding hydrogens is 330 g/mol. The van der Waals surface area contributed by atoms with E-state index in [-0.39, 0.29) is 24.2 Å². The lowest BCUT2D eigenvalue weighted by Crippen LogP contribution is -2.34. The van der Waals surface area contributed by atoms with Crippen LogP contribution in [0.15, 0.2) is 30.3 Å². The molecule has 0 spiro atoms. The number of carboxylic acid groups (broad SMARTS) is 1. The highest BCUT2D eigenvalue weighted by molar-refractivity contribution is 5.81. The van der Waals surface area contributed by atoms with Crippen LogP contribution in [0.3, 0.4) is 0 Å². The van der Waals surface area contributed by atoms with Crippen molar-refractivity contribution in [1.29, 1.82) is 0 Å². The molecule has 0 aliphatic carbocycles. The molecule has 1 heterocycles. The van der Waals surface area contributed by atoms with E-state index in [2.05, 4.69) is 0 Å². The molecule has 2 rings (SSSR count). The molecule has 0 saturated carbocycles. The van der Waals surface area contributed by atoms with E-state index in [4.69, 9.17) is 5.11 Å². The molecule has 5 heteroatoms. The zero-order valence-corrected chi connectivity index (χ0v) is 15.4. The van der Waals surface area contributed by atoms with Gasteiger partial charge in [0.15, 0.2) is 0 Å². The van der Waals surface area contributed by atoms with Crippen LogP contribution in [0.2, 0.25) is 0 Å². The molecule has 1 aromatic carbocycles. The van der Waals surface area contributed by atoms with E-state index in [1.165, 1.54) is 0 Å². The van der Waals surface area contributed by atoms with Gasteiger partial charge in [-0.3, -0.25) is 14.4 Å². The maximum absolute atomic E-state index is 12.2. The van der Waals surface area contributed by atoms with Crippen molar-refractivity contribution in [3.05, 3.63) is 35.9 Å². The van der Waals surface area contributed by atoms with Crippen molar-refractivity contribution < 1.29 is 19.5 Å². The van der Waals surface area contributed by atoms with E-state index in [0.717, 1.165) is 44.2 Å². The molecule has 1 aromatic rings. The maximum Gasteiger partial charge on any atom is 0.303 e. The highest BCUT2D eigenvalue weighted by Gasteiger charge is 2.30. The number of carbonyl (C=O) groups is 3. The van der Waals surface area contributed by atoms with E-state index in [0.29, 0.717) is 25.7 Å². The Morgan fingerprint density at radius 3 is 2.50 bits per heavy atom. The van der Waals surface area contributed by atoms with Crippen molar-refractivity contribution in [2.75, 3.05) is 6.54 Å². The number of rotatable bonds is 12. The smallest absolute Gasteiger partial charge is 0.303 e. The molecule has 0 bridgehead atoms. The quantitative estimate of drug-likeness (QED) is 0.579. The average molecular weight is 359 g/mol. The zero-order valence-electron chi connectivity index (χ0n) is 15.4. The number of aliphatic carboxylic acids is 1. The lowest BCUT2D eigenvalue weighted by molar-refractivity contribution is -0.137. The Labute approximate surface area is 155 Å². The van der Waals surface area contributed by atoms with E-state index in [9.17, 15) is 14.4 Å². The van der Waals surface area contributed by atoms with E-state index >= 15 is 0 Å². The van der Waals surface area contributed by atoms with Gasteiger partial charge in [0.1, 0.15) is 5.78 Å². The molecule has 0 unspecified atom stereocenters. The summed E-state index contributed by atoms with van der Waals surface area (Å²) in [5.74, 6) is -0.333. The van der Waals surface area contributed by atoms with Crippen molar-refractivity contribution in [1.82, 2.24) is 4.90 Å². The van der Waals surface area contributed by atoms with Gasteiger partial charge in [0.25, 0.3) is 0 Å². The fraction of sp³-hybridized carbons (Fsp3) is 0.571. The molecule has 1 amide bonds. The van der Waals surface area contributed by atoms with E-state index in [1.54, 1.807) is 0 Å². The summed E-state index contributed by atoms with van der Waals surface area (Å²) in [6, 6.07) is 9.94. The molecule has 142 valence electrons. The van der Waals surface area contributed by atoms with Crippen LogP contribution >= 0.6 is 0 Å². The van der Waals surface area contributed by atoms with Crippen molar-refractivity contribution >= 4 is 17.7 Å². The summed E-state index contributed by atoms with van der Waals surface area (Å²) in [6.07, 6.45) is 6.79. The van der Waals surface area contributed by atoms with Gasteiger partial charge < -0.3 is 10.0 Å². The van der Waals surface area contributed by atoms with Crippen LogP contribution in [-0.4, -0.2) is 40.3 Å². The Hall–Kier alpha value is -2.17. The standard InChI is InChI=1S/C21H29NO4/c23-19(16-17-8-4-3-5-9-17)13-11-18-12-14-20(24)22(18)15-7-2-1-6-10-21(25)26/h3-5,8-9,18H,1-2,6-7,10-16H2,(H,25,26)/t18-/m0/s1. The minimum atomic E-state index is -0.750. The van der Waals surface area contributed by atoms with Gasteiger partial charge in [-0.2, -0.15) is 0 Å². The molecule has 5 nitrogen and oxygen atoms in total. The number of amides is 1. The second-order valence-corrected chi connectivity index (χ2v) is 7.08. The Balaban J connectivity index is 1.67. The topological polar surface area (TPSA) is 74.7 Å². The van der Waals surface area contributed by atoms with Crippen molar-refractivity contribution in [3.63, 3.8) is 0 Å². The van der Waals surface area contributed by atoms with Gasteiger partial charge in [-0.1, -0.05) is 43.2 Å². The Kier molecular flexibility index (Phi) is 8.32. The number of carbonyl (C=O) groups excluding carboxylic acids is 2. The van der Waals surface area contributed by atoms with Crippen LogP contribution in [0.5, 0.6) is 0 Å². The molecule has 1 atom stereocenters. The molecule has 26 heavy (non-hydrogen) atoms. The summed E-state index contributed by atoms with van der Waals surface area (Å²) in [5, 5.41) is 8.63. The summed E-state index contributed by atoms with van der Waals surface area (Å²) in [5.41, 5.74) is 1.04. The lowest BCUT2D eigenvalue weighted by Gasteiger charge is -2.24. The fourth-order valence-corrected chi connectivity index (χ4v) is 3.55. The number of nitrogens with zero attached hydrogens (tertiary/aromatic N) is 1. The second-order valence-electron chi connectivity index (χ2n) is 7.08. The zero-order chi connectivity index (χ0) is 18.8.